The number of likely N-dealkylation sites (N-methyl/N-ethyl adjacent to an activating group) is 1. The van der Waals surface area contributed by atoms with Gasteiger partial charge in [0.25, 0.3) is 5.91 Å². The number of carbonyl (C=O) groups excluding carboxylic acids is 3. The van der Waals surface area contributed by atoms with Crippen LogP contribution < -0.4 is 14.4 Å². The average Bonchev–Trinajstić information content (AvgIpc) is 3.46. The standard InChI is InChI=1S/C36H42N6O5.2ClH/c1-24-13-16-30(31(22-24)47-21-8-6-7-12-32(44)42-19-17-40(3)18-20-42)41(4)36(45)28-15-14-27(35(46-5)34(28)37-23-43)26-10-9-11-29-33(26)39-25(2)38-29;;/h9-11,13-16,22H,6-8,12,17-21H2,1-5H3,(H,38,39);2*1H. The third-order valence-electron chi connectivity index (χ3n) is 8.57. The molecule has 1 aliphatic rings. The molecule has 1 N–H and O–H groups in total. The number of hydrogen-bond acceptors (Lipinski definition) is 8. The molecule has 1 aromatic heterocycles. The normalized spacial score (nSPS) is 12.8. The molecule has 49 heavy (non-hydrogen) atoms. The van der Waals surface area contributed by atoms with Crippen molar-refractivity contribution in [1.82, 2.24) is 19.8 Å². The Bertz CT molecular complexity index is 1820. The van der Waals surface area contributed by atoms with Gasteiger partial charge in [-0.3, -0.25) is 9.59 Å². The average molecular weight is 712 g/mol. The molecule has 2 heterocycles. The molecule has 0 atom stereocenters. The monoisotopic (exact) mass is 710 g/mol. The van der Waals surface area contributed by atoms with Crippen LogP contribution in [0, 0.1) is 13.8 Å². The van der Waals surface area contributed by atoms with Crippen LogP contribution in [0.4, 0.5) is 11.4 Å². The van der Waals surface area contributed by atoms with Crippen LogP contribution in [0.5, 0.6) is 11.5 Å². The molecular weight excluding hydrogens is 667 g/mol. The van der Waals surface area contributed by atoms with E-state index in [4.69, 9.17) is 9.47 Å². The van der Waals surface area contributed by atoms with Crippen molar-refractivity contribution in [1.29, 1.82) is 0 Å². The summed E-state index contributed by atoms with van der Waals surface area (Å²) in [4.78, 5) is 55.6. The van der Waals surface area contributed by atoms with E-state index in [0.29, 0.717) is 30.0 Å². The number of H-pyrrole nitrogens is 1. The molecule has 1 fully saturated rings. The minimum atomic E-state index is -0.395. The summed E-state index contributed by atoms with van der Waals surface area (Å²) in [6.45, 7) is 7.71. The highest BCUT2D eigenvalue weighted by Crippen LogP contribution is 2.43. The number of aromatic nitrogens is 2. The van der Waals surface area contributed by atoms with E-state index in [9.17, 15) is 14.4 Å². The van der Waals surface area contributed by atoms with Crippen LogP contribution in [0.15, 0.2) is 53.5 Å². The summed E-state index contributed by atoms with van der Waals surface area (Å²) in [5.74, 6) is 1.43. The number of amides is 2. The number of aliphatic imine (C=N–C) groups is 1. The van der Waals surface area contributed by atoms with Gasteiger partial charge in [-0.2, -0.15) is 4.99 Å². The van der Waals surface area contributed by atoms with E-state index in [1.165, 1.54) is 12.0 Å². The van der Waals surface area contributed by atoms with Gasteiger partial charge in [-0.25, -0.2) is 9.78 Å². The van der Waals surface area contributed by atoms with Crippen LogP contribution in [-0.4, -0.2) is 91.7 Å². The van der Waals surface area contributed by atoms with Crippen molar-refractivity contribution in [3.05, 3.63) is 65.5 Å². The number of ether oxygens (including phenoxy) is 2. The lowest BCUT2D eigenvalue weighted by molar-refractivity contribution is -0.132. The second kappa shape index (κ2) is 17.8. The maximum atomic E-state index is 14.0. The number of fused-ring (bicyclic) bond motifs is 1. The molecule has 262 valence electrons. The number of aryl methyl sites for hydroxylation is 2. The van der Waals surface area contributed by atoms with E-state index in [1.807, 2.05) is 55.1 Å². The molecule has 0 spiro atoms. The number of benzene rings is 3. The van der Waals surface area contributed by atoms with Crippen LogP contribution in [0.25, 0.3) is 22.2 Å². The van der Waals surface area contributed by atoms with Crippen LogP contribution in [0.3, 0.4) is 0 Å². The predicted octanol–water partition coefficient (Wildman–Crippen LogP) is 6.66. The molecule has 5 rings (SSSR count). The van der Waals surface area contributed by atoms with Gasteiger partial charge in [-0.1, -0.05) is 18.2 Å². The molecule has 0 unspecified atom stereocenters. The van der Waals surface area contributed by atoms with Gasteiger partial charge in [-0.05, 0) is 76.1 Å². The molecule has 3 aromatic carbocycles. The number of isocyanates is 1. The third-order valence-corrected chi connectivity index (χ3v) is 8.57. The molecule has 1 aliphatic heterocycles. The predicted molar refractivity (Wildman–Crippen MR) is 197 cm³/mol. The van der Waals surface area contributed by atoms with Crippen molar-refractivity contribution in [3.63, 3.8) is 0 Å². The van der Waals surface area contributed by atoms with E-state index in [2.05, 4.69) is 26.9 Å². The first-order chi connectivity index (χ1) is 22.7. The van der Waals surface area contributed by atoms with Crippen LogP contribution in [-0.2, 0) is 9.59 Å². The summed E-state index contributed by atoms with van der Waals surface area (Å²) in [5.41, 5.74) is 4.84. The number of anilines is 1. The lowest BCUT2D eigenvalue weighted by Crippen LogP contribution is -2.47. The van der Waals surface area contributed by atoms with E-state index in [-0.39, 0.29) is 47.7 Å². The molecule has 0 aliphatic carbocycles. The summed E-state index contributed by atoms with van der Waals surface area (Å²) in [6, 6.07) is 14.8. The highest BCUT2D eigenvalue weighted by Gasteiger charge is 2.26. The number of hydrogen-bond donors (Lipinski definition) is 1. The number of imidazole rings is 1. The Morgan fingerprint density at radius 2 is 1.76 bits per heavy atom. The number of methoxy groups -OCH3 is 1. The quantitative estimate of drug-likeness (QED) is 0.0992. The summed E-state index contributed by atoms with van der Waals surface area (Å²) in [7, 11) is 5.21. The van der Waals surface area contributed by atoms with Crippen molar-refractivity contribution in [2.45, 2.75) is 39.5 Å². The Morgan fingerprint density at radius 3 is 2.47 bits per heavy atom. The van der Waals surface area contributed by atoms with Gasteiger partial charge >= 0.3 is 0 Å². The first-order valence-corrected chi connectivity index (χ1v) is 15.9. The van der Waals surface area contributed by atoms with Gasteiger partial charge in [0.05, 0.1) is 36.0 Å². The Kier molecular flexibility index (Phi) is 14.2. The second-order valence-electron chi connectivity index (χ2n) is 11.9. The highest BCUT2D eigenvalue weighted by molar-refractivity contribution is 6.11. The van der Waals surface area contributed by atoms with Gasteiger partial charge in [0.1, 0.15) is 17.3 Å². The summed E-state index contributed by atoms with van der Waals surface area (Å²) < 4.78 is 11.9. The van der Waals surface area contributed by atoms with Gasteiger partial charge in [0.2, 0.25) is 12.0 Å². The summed E-state index contributed by atoms with van der Waals surface area (Å²) >= 11 is 0. The zero-order valence-corrected chi connectivity index (χ0v) is 30.2. The number of nitrogens with zero attached hydrogens (tertiary/aromatic N) is 5. The maximum Gasteiger partial charge on any atom is 0.260 e. The number of nitrogens with one attached hydrogen (secondary N) is 1. The zero-order chi connectivity index (χ0) is 33.5. The molecular formula is C36H44Cl2N6O5. The van der Waals surface area contributed by atoms with Gasteiger partial charge in [0.15, 0.2) is 5.75 Å². The van der Waals surface area contributed by atoms with E-state index in [1.54, 1.807) is 25.3 Å². The van der Waals surface area contributed by atoms with E-state index < -0.39 is 5.91 Å². The number of aromatic amines is 1. The van der Waals surface area contributed by atoms with Crippen molar-refractivity contribution in [2.75, 3.05) is 58.9 Å². The lowest BCUT2D eigenvalue weighted by atomic mass is 9.98. The van der Waals surface area contributed by atoms with Crippen LogP contribution >= 0.6 is 24.8 Å². The molecule has 1 saturated heterocycles. The van der Waals surface area contributed by atoms with E-state index >= 15 is 0 Å². The maximum absolute atomic E-state index is 14.0. The van der Waals surface area contributed by atoms with Crippen molar-refractivity contribution in [2.24, 2.45) is 4.99 Å². The SMILES string of the molecule is COc1c(-c2cccc3[nH]c(C)nc23)ccc(C(=O)N(C)c2ccc(C)cc2OCCCCCC(=O)N2CCN(C)CC2)c1N=C=O.Cl.Cl. The Balaban J connectivity index is 0.00000325. The minimum Gasteiger partial charge on any atom is -0.494 e. The van der Waals surface area contributed by atoms with E-state index in [0.717, 1.165) is 73.4 Å². The highest BCUT2D eigenvalue weighted by atomic mass is 35.5. The zero-order valence-electron chi connectivity index (χ0n) is 28.6. The molecule has 4 aromatic rings. The number of para-hydroxylation sites is 1. The van der Waals surface area contributed by atoms with Gasteiger partial charge < -0.3 is 29.2 Å². The van der Waals surface area contributed by atoms with Crippen LogP contribution in [0.1, 0.15) is 47.4 Å². The Morgan fingerprint density at radius 1 is 1.00 bits per heavy atom. The van der Waals surface area contributed by atoms with Crippen molar-refractivity contribution >= 4 is 65.1 Å². The molecule has 13 heteroatoms. The van der Waals surface area contributed by atoms with Crippen molar-refractivity contribution in [3.8, 4) is 22.6 Å². The number of unbranched alkanes of at least 4 members (excludes halogenated alkanes) is 2. The minimum absolute atomic E-state index is 0. The number of halogens is 2. The molecule has 0 bridgehead atoms. The number of piperazine rings is 1. The Labute approximate surface area is 299 Å². The smallest absolute Gasteiger partial charge is 0.260 e. The first-order valence-electron chi connectivity index (χ1n) is 15.9. The fourth-order valence-corrected chi connectivity index (χ4v) is 5.95. The lowest BCUT2D eigenvalue weighted by Gasteiger charge is -2.32. The topological polar surface area (TPSA) is 120 Å². The van der Waals surface area contributed by atoms with Gasteiger partial charge in [-0.15, -0.1) is 24.8 Å². The fraction of sp³-hybridized carbons (Fsp3) is 0.389. The summed E-state index contributed by atoms with van der Waals surface area (Å²) in [6.07, 6.45) is 4.58. The molecule has 2 amide bonds. The van der Waals surface area contributed by atoms with Crippen molar-refractivity contribution < 1.29 is 23.9 Å². The fourth-order valence-electron chi connectivity index (χ4n) is 5.95. The van der Waals surface area contributed by atoms with Gasteiger partial charge in [0, 0.05) is 50.8 Å². The largest absolute Gasteiger partial charge is 0.494 e. The van der Waals surface area contributed by atoms with Crippen LogP contribution in [0.2, 0.25) is 0 Å². The number of rotatable bonds is 12. The number of carbonyl (C=O) groups is 2. The summed E-state index contributed by atoms with van der Waals surface area (Å²) in [5, 5.41) is 0. The molecule has 11 nitrogen and oxygen atoms in total. The molecule has 0 radical (unpaired) electrons. The molecule has 0 saturated carbocycles. The third kappa shape index (κ3) is 8.99. The second-order valence-corrected chi connectivity index (χ2v) is 11.9. The first kappa shape index (κ1) is 39.0. The Hall–Kier alpha value is -4.41.